The Labute approximate surface area is 106 Å². The van der Waals surface area contributed by atoms with Crippen molar-refractivity contribution in [2.45, 2.75) is 6.42 Å². The molecule has 0 saturated carbocycles. The van der Waals surface area contributed by atoms with E-state index in [1.807, 2.05) is 30.3 Å². The molecule has 0 atom stereocenters. The first-order valence-corrected chi connectivity index (χ1v) is 5.65. The van der Waals surface area contributed by atoms with Crippen molar-refractivity contribution in [3.63, 3.8) is 0 Å². The fourth-order valence-electron chi connectivity index (χ4n) is 1.52. The maximum absolute atomic E-state index is 8.66. The van der Waals surface area contributed by atoms with Crippen LogP contribution in [0.4, 0.5) is 0 Å². The molecule has 18 heavy (non-hydrogen) atoms. The first-order valence-electron chi connectivity index (χ1n) is 5.65. The van der Waals surface area contributed by atoms with Crippen molar-refractivity contribution < 1.29 is 4.74 Å². The molecule has 1 aromatic heterocycles. The number of benzene rings is 1. The normalized spacial score (nSPS) is 9.78. The number of nitrogens with two attached hydrogens (primary N) is 1. The Morgan fingerprint density at radius 2 is 1.94 bits per heavy atom. The van der Waals surface area contributed by atoms with Crippen LogP contribution in [0.5, 0.6) is 11.6 Å². The third-order valence-corrected chi connectivity index (χ3v) is 2.44. The maximum Gasteiger partial charge on any atom is 0.219 e. The molecule has 1 heterocycles. The highest BCUT2D eigenvalue weighted by atomic mass is 16.5. The van der Waals surface area contributed by atoms with Crippen LogP contribution in [0.25, 0.3) is 0 Å². The van der Waals surface area contributed by atoms with Crippen LogP contribution >= 0.6 is 0 Å². The molecule has 0 unspecified atom stereocenters. The van der Waals surface area contributed by atoms with Crippen molar-refractivity contribution in [3.8, 4) is 17.7 Å². The topological polar surface area (TPSA) is 71.9 Å². The van der Waals surface area contributed by atoms with Gasteiger partial charge in [-0.1, -0.05) is 12.1 Å². The smallest absolute Gasteiger partial charge is 0.219 e. The molecule has 0 aliphatic carbocycles. The van der Waals surface area contributed by atoms with Crippen LogP contribution < -0.4 is 10.5 Å². The van der Waals surface area contributed by atoms with Gasteiger partial charge in [-0.15, -0.1) is 0 Å². The minimum Gasteiger partial charge on any atom is -0.439 e. The summed E-state index contributed by atoms with van der Waals surface area (Å²) < 4.78 is 5.56. The summed E-state index contributed by atoms with van der Waals surface area (Å²) in [5, 5.41) is 8.66. The second kappa shape index (κ2) is 5.80. The molecule has 4 nitrogen and oxygen atoms in total. The number of hydrogen-bond acceptors (Lipinski definition) is 4. The van der Waals surface area contributed by atoms with Crippen LogP contribution in [0.3, 0.4) is 0 Å². The number of ether oxygens (including phenoxy) is 1. The summed E-state index contributed by atoms with van der Waals surface area (Å²) in [7, 11) is 0. The van der Waals surface area contributed by atoms with Gasteiger partial charge in [0.1, 0.15) is 11.8 Å². The van der Waals surface area contributed by atoms with Gasteiger partial charge in [-0.3, -0.25) is 0 Å². The lowest BCUT2D eigenvalue weighted by Gasteiger charge is -2.05. The van der Waals surface area contributed by atoms with Gasteiger partial charge < -0.3 is 10.5 Å². The largest absolute Gasteiger partial charge is 0.439 e. The van der Waals surface area contributed by atoms with Gasteiger partial charge in [0.2, 0.25) is 5.88 Å². The van der Waals surface area contributed by atoms with Gasteiger partial charge >= 0.3 is 0 Å². The van der Waals surface area contributed by atoms with Crippen LogP contribution in [-0.4, -0.2) is 11.5 Å². The minimum atomic E-state index is 0.473. The maximum atomic E-state index is 8.66. The van der Waals surface area contributed by atoms with Crippen LogP contribution in [0, 0.1) is 11.3 Å². The molecule has 0 saturated heterocycles. The van der Waals surface area contributed by atoms with E-state index >= 15 is 0 Å². The first-order chi connectivity index (χ1) is 8.81. The van der Waals surface area contributed by atoms with Gasteiger partial charge in [-0.25, -0.2) is 4.98 Å². The molecule has 2 N–H and O–H groups in total. The van der Waals surface area contributed by atoms with E-state index < -0.39 is 0 Å². The molecule has 0 aliphatic rings. The summed E-state index contributed by atoms with van der Waals surface area (Å²) in [6.07, 6.45) is 2.34. The number of rotatable bonds is 4. The first kappa shape index (κ1) is 12.1. The summed E-state index contributed by atoms with van der Waals surface area (Å²) >= 11 is 0. The van der Waals surface area contributed by atoms with Crippen LogP contribution in [0.15, 0.2) is 42.6 Å². The number of aromatic nitrogens is 1. The van der Waals surface area contributed by atoms with E-state index in [1.54, 1.807) is 12.1 Å². The molecule has 2 aromatic rings. The lowest BCUT2D eigenvalue weighted by atomic mass is 10.1. The highest BCUT2D eigenvalue weighted by Gasteiger charge is 1.99. The van der Waals surface area contributed by atoms with Gasteiger partial charge in [0.15, 0.2) is 0 Å². The fourth-order valence-corrected chi connectivity index (χ4v) is 1.52. The number of nitrogens with zero attached hydrogens (tertiary/aromatic N) is 2. The third kappa shape index (κ3) is 3.06. The SMILES string of the molecule is N#Cc1ccc(Oc2ccc(CCN)cc2)nc1. The van der Waals surface area contributed by atoms with Gasteiger partial charge in [-0.2, -0.15) is 5.26 Å². The summed E-state index contributed by atoms with van der Waals surface area (Å²) in [6.45, 7) is 0.636. The molecular weight excluding hydrogens is 226 g/mol. The predicted octanol–water partition coefficient (Wildman–Crippen LogP) is 2.25. The monoisotopic (exact) mass is 239 g/mol. The molecule has 1 aromatic carbocycles. The standard InChI is InChI=1S/C14H13N3O/c15-8-7-11-1-4-13(5-2-11)18-14-6-3-12(9-16)10-17-14/h1-6,10H,7-8,15H2. The van der Waals surface area contributed by atoms with Crippen molar-refractivity contribution in [2.24, 2.45) is 5.73 Å². The van der Waals surface area contributed by atoms with E-state index in [0.717, 1.165) is 6.42 Å². The Morgan fingerprint density at radius 1 is 1.17 bits per heavy atom. The number of hydrogen-bond donors (Lipinski definition) is 1. The zero-order valence-electron chi connectivity index (χ0n) is 9.84. The summed E-state index contributed by atoms with van der Waals surface area (Å²) in [6, 6.07) is 13.1. The van der Waals surface area contributed by atoms with E-state index in [9.17, 15) is 0 Å². The molecule has 0 radical (unpaired) electrons. The van der Waals surface area contributed by atoms with Crippen molar-refractivity contribution in [1.82, 2.24) is 4.98 Å². The quantitative estimate of drug-likeness (QED) is 0.888. The number of pyridine rings is 1. The van der Waals surface area contributed by atoms with Crippen molar-refractivity contribution in [2.75, 3.05) is 6.54 Å². The molecule has 4 heteroatoms. The van der Waals surface area contributed by atoms with E-state index in [1.165, 1.54) is 11.8 Å². The Kier molecular flexibility index (Phi) is 3.90. The molecule has 0 spiro atoms. The van der Waals surface area contributed by atoms with Crippen molar-refractivity contribution in [1.29, 1.82) is 5.26 Å². The summed E-state index contributed by atoms with van der Waals surface area (Å²) in [4.78, 5) is 4.04. The second-order valence-electron chi connectivity index (χ2n) is 3.78. The molecular formula is C14H13N3O. The lowest BCUT2D eigenvalue weighted by molar-refractivity contribution is 0.462. The highest BCUT2D eigenvalue weighted by molar-refractivity contribution is 5.33. The van der Waals surface area contributed by atoms with E-state index in [0.29, 0.717) is 23.7 Å². The molecule has 0 bridgehead atoms. The predicted molar refractivity (Wildman–Crippen MR) is 68.2 cm³/mol. The Bertz CT molecular complexity index is 541. The second-order valence-corrected chi connectivity index (χ2v) is 3.78. The van der Waals surface area contributed by atoms with Gasteiger partial charge in [0.05, 0.1) is 5.56 Å². The van der Waals surface area contributed by atoms with E-state index in [-0.39, 0.29) is 0 Å². The summed E-state index contributed by atoms with van der Waals surface area (Å²) in [5.74, 6) is 1.19. The average Bonchev–Trinajstić information content (AvgIpc) is 2.42. The zero-order valence-corrected chi connectivity index (χ0v) is 9.84. The molecule has 2 rings (SSSR count). The van der Waals surface area contributed by atoms with Crippen LogP contribution in [-0.2, 0) is 6.42 Å². The van der Waals surface area contributed by atoms with Gasteiger partial charge in [-0.05, 0) is 36.7 Å². The molecule has 0 fully saturated rings. The van der Waals surface area contributed by atoms with Crippen LogP contribution in [0.1, 0.15) is 11.1 Å². The molecule has 0 amide bonds. The third-order valence-electron chi connectivity index (χ3n) is 2.44. The lowest BCUT2D eigenvalue weighted by Crippen LogP contribution is -2.02. The Hall–Kier alpha value is -2.38. The Balaban J connectivity index is 2.06. The summed E-state index contributed by atoms with van der Waals surface area (Å²) in [5.41, 5.74) is 7.17. The average molecular weight is 239 g/mol. The molecule has 90 valence electrons. The van der Waals surface area contributed by atoms with Gasteiger partial charge in [0, 0.05) is 12.3 Å². The fraction of sp³-hybridized carbons (Fsp3) is 0.143. The zero-order chi connectivity index (χ0) is 12.8. The van der Waals surface area contributed by atoms with E-state index in [2.05, 4.69) is 4.98 Å². The highest BCUT2D eigenvalue weighted by Crippen LogP contribution is 2.19. The van der Waals surface area contributed by atoms with Crippen molar-refractivity contribution >= 4 is 0 Å². The number of nitriles is 1. The molecule has 0 aliphatic heterocycles. The van der Waals surface area contributed by atoms with Crippen molar-refractivity contribution in [3.05, 3.63) is 53.7 Å². The van der Waals surface area contributed by atoms with E-state index in [4.69, 9.17) is 15.7 Å². The minimum absolute atomic E-state index is 0.473. The van der Waals surface area contributed by atoms with Crippen LogP contribution in [0.2, 0.25) is 0 Å². The Morgan fingerprint density at radius 3 is 2.50 bits per heavy atom. The van der Waals surface area contributed by atoms with Gasteiger partial charge in [0.25, 0.3) is 0 Å².